The number of ether oxygens (including phenoxy) is 3. The summed E-state index contributed by atoms with van der Waals surface area (Å²) in [7, 11) is 3.04. The van der Waals surface area contributed by atoms with Crippen molar-refractivity contribution in [3.8, 4) is 22.8 Å². The predicted molar refractivity (Wildman–Crippen MR) is 151 cm³/mol. The average molecular weight is 575 g/mol. The van der Waals surface area contributed by atoms with Gasteiger partial charge in [0.2, 0.25) is 0 Å². The Kier molecular flexibility index (Phi) is 7.62. The average Bonchev–Trinajstić information content (AvgIpc) is 3.56. The molecular weight excluding hydrogens is 548 g/mol. The number of carboxylic acid groups (broad SMARTS) is 1. The molecule has 2 aromatic carbocycles. The van der Waals surface area contributed by atoms with Crippen LogP contribution in [0, 0.1) is 0 Å². The fraction of sp³-hybridized carbons (Fsp3) is 0.200. The number of hydrogen-bond acceptors (Lipinski definition) is 9. The van der Waals surface area contributed by atoms with Crippen LogP contribution in [0.25, 0.3) is 17.4 Å². The normalized spacial score (nSPS) is 14.8. The summed E-state index contributed by atoms with van der Waals surface area (Å²) < 4.78 is 24.1. The van der Waals surface area contributed by atoms with Crippen molar-refractivity contribution >= 4 is 29.4 Å². The van der Waals surface area contributed by atoms with Crippen LogP contribution in [0.5, 0.6) is 11.5 Å². The molecule has 1 N–H and O–H groups in total. The van der Waals surface area contributed by atoms with Gasteiger partial charge in [-0.2, -0.15) is 0 Å². The zero-order chi connectivity index (χ0) is 29.3. The third-order valence-electron chi connectivity index (χ3n) is 6.57. The number of benzene rings is 2. The zero-order valence-corrected chi connectivity index (χ0v) is 23.5. The molecular formula is C30H26N2O8S. The van der Waals surface area contributed by atoms with E-state index in [9.17, 15) is 14.4 Å². The van der Waals surface area contributed by atoms with Gasteiger partial charge < -0.3 is 23.7 Å². The smallest absolute Gasteiger partial charge is 0.338 e. The number of nitrogens with zero attached hydrogens (tertiary/aromatic N) is 2. The topological polar surface area (TPSA) is 130 Å². The van der Waals surface area contributed by atoms with Gasteiger partial charge in [0.15, 0.2) is 4.80 Å². The van der Waals surface area contributed by atoms with Crippen molar-refractivity contribution in [2.75, 3.05) is 20.8 Å². The number of methoxy groups -OCH3 is 2. The molecule has 0 radical (unpaired) electrons. The SMILES string of the molecule is CCOC(=O)C1=C(C)N=c2s/c(=C/c3ccc(-c4ccc(C(=O)O)cc4)o3)c(=O)n2[C@H]1c1ccc(OC)cc1OC. The van der Waals surface area contributed by atoms with Gasteiger partial charge in [0.05, 0.1) is 42.2 Å². The van der Waals surface area contributed by atoms with E-state index in [-0.39, 0.29) is 23.3 Å². The zero-order valence-electron chi connectivity index (χ0n) is 22.7. The Morgan fingerprint density at radius 3 is 2.51 bits per heavy atom. The van der Waals surface area contributed by atoms with Gasteiger partial charge in [0.25, 0.3) is 5.56 Å². The highest BCUT2D eigenvalue weighted by Crippen LogP contribution is 2.37. The van der Waals surface area contributed by atoms with Crippen LogP contribution in [0.3, 0.4) is 0 Å². The maximum absolute atomic E-state index is 13.9. The minimum absolute atomic E-state index is 0.159. The second-order valence-electron chi connectivity index (χ2n) is 8.99. The molecule has 41 heavy (non-hydrogen) atoms. The van der Waals surface area contributed by atoms with Crippen LogP contribution in [0.2, 0.25) is 0 Å². The number of allylic oxidation sites excluding steroid dienone is 1. The molecule has 4 aromatic rings. The fourth-order valence-corrected chi connectivity index (χ4v) is 5.65. The van der Waals surface area contributed by atoms with Crippen molar-refractivity contribution in [3.63, 3.8) is 0 Å². The fourth-order valence-electron chi connectivity index (χ4n) is 4.62. The summed E-state index contributed by atoms with van der Waals surface area (Å²) in [6, 6.07) is 14.1. The molecule has 11 heteroatoms. The van der Waals surface area contributed by atoms with Crippen LogP contribution in [-0.4, -0.2) is 42.4 Å². The minimum atomic E-state index is -1.01. The summed E-state index contributed by atoms with van der Waals surface area (Å²) in [5, 5.41) is 9.14. The Balaban J connectivity index is 1.63. The van der Waals surface area contributed by atoms with E-state index >= 15 is 0 Å². The Bertz CT molecular complexity index is 1860. The van der Waals surface area contributed by atoms with Gasteiger partial charge in [-0.3, -0.25) is 9.36 Å². The van der Waals surface area contributed by atoms with Crippen molar-refractivity contribution in [1.82, 2.24) is 4.57 Å². The molecule has 210 valence electrons. The first-order chi connectivity index (χ1) is 19.7. The summed E-state index contributed by atoms with van der Waals surface area (Å²) in [5.41, 5.74) is 1.74. The minimum Gasteiger partial charge on any atom is -0.497 e. The maximum atomic E-state index is 13.9. The van der Waals surface area contributed by atoms with Crippen molar-refractivity contribution in [3.05, 3.63) is 102 Å². The third kappa shape index (κ3) is 5.19. The summed E-state index contributed by atoms with van der Waals surface area (Å²) in [6.45, 7) is 3.58. The number of thiazole rings is 1. The summed E-state index contributed by atoms with van der Waals surface area (Å²) in [6.07, 6.45) is 1.62. The van der Waals surface area contributed by atoms with Crippen LogP contribution in [0.4, 0.5) is 0 Å². The molecule has 0 saturated heterocycles. The van der Waals surface area contributed by atoms with Crippen LogP contribution < -0.4 is 24.4 Å². The van der Waals surface area contributed by atoms with E-state index in [0.29, 0.717) is 49.2 Å². The number of carbonyl (C=O) groups excluding carboxylic acids is 1. The number of furan rings is 1. The first-order valence-electron chi connectivity index (χ1n) is 12.6. The van der Waals surface area contributed by atoms with Crippen LogP contribution in [0.1, 0.15) is 41.6 Å². The van der Waals surface area contributed by atoms with E-state index < -0.39 is 18.0 Å². The number of esters is 1. The molecule has 5 rings (SSSR count). The molecule has 0 bridgehead atoms. The first kappa shape index (κ1) is 27.7. The predicted octanol–water partition coefficient (Wildman–Crippen LogP) is 3.77. The molecule has 1 atom stereocenters. The molecule has 3 heterocycles. The van der Waals surface area contributed by atoms with Gasteiger partial charge in [0, 0.05) is 23.3 Å². The molecule has 1 aliphatic heterocycles. The first-order valence-corrected chi connectivity index (χ1v) is 13.4. The van der Waals surface area contributed by atoms with Gasteiger partial charge in [-0.25, -0.2) is 14.6 Å². The van der Waals surface area contributed by atoms with E-state index in [1.54, 1.807) is 62.4 Å². The number of rotatable bonds is 8. The van der Waals surface area contributed by atoms with Gasteiger partial charge in [0.1, 0.15) is 29.1 Å². The lowest BCUT2D eigenvalue weighted by molar-refractivity contribution is -0.139. The number of aromatic nitrogens is 1. The van der Waals surface area contributed by atoms with Gasteiger partial charge >= 0.3 is 11.9 Å². The molecule has 0 amide bonds. The van der Waals surface area contributed by atoms with Gasteiger partial charge in [-0.05, 0) is 50.2 Å². The summed E-state index contributed by atoms with van der Waals surface area (Å²) in [4.78, 5) is 43.2. The highest BCUT2D eigenvalue weighted by molar-refractivity contribution is 7.07. The summed E-state index contributed by atoms with van der Waals surface area (Å²) >= 11 is 1.17. The Hall–Kier alpha value is -4.90. The van der Waals surface area contributed by atoms with Crippen LogP contribution in [0.15, 0.2) is 80.1 Å². The molecule has 2 aromatic heterocycles. The van der Waals surface area contributed by atoms with E-state index in [4.69, 9.17) is 23.7 Å². The quantitative estimate of drug-likeness (QED) is 0.315. The second-order valence-corrected chi connectivity index (χ2v) is 10.0. The third-order valence-corrected chi connectivity index (χ3v) is 7.55. The molecule has 0 spiro atoms. The lowest BCUT2D eigenvalue weighted by atomic mass is 9.95. The monoisotopic (exact) mass is 574 g/mol. The highest BCUT2D eigenvalue weighted by atomic mass is 32.1. The van der Waals surface area contributed by atoms with Crippen molar-refractivity contribution < 1.29 is 33.3 Å². The van der Waals surface area contributed by atoms with E-state index in [2.05, 4.69) is 4.99 Å². The van der Waals surface area contributed by atoms with E-state index in [1.807, 2.05) is 0 Å². The largest absolute Gasteiger partial charge is 0.497 e. The lowest BCUT2D eigenvalue weighted by Crippen LogP contribution is -2.40. The van der Waals surface area contributed by atoms with E-state index in [0.717, 1.165) is 0 Å². The van der Waals surface area contributed by atoms with Crippen LogP contribution >= 0.6 is 11.3 Å². The second kappa shape index (κ2) is 11.3. The molecule has 10 nitrogen and oxygen atoms in total. The number of fused-ring (bicyclic) bond motifs is 1. The van der Waals surface area contributed by atoms with E-state index in [1.165, 1.54) is 42.3 Å². The molecule has 0 fully saturated rings. The van der Waals surface area contributed by atoms with Crippen molar-refractivity contribution in [2.24, 2.45) is 4.99 Å². The molecule has 1 aliphatic rings. The van der Waals surface area contributed by atoms with Crippen molar-refractivity contribution in [1.29, 1.82) is 0 Å². The number of hydrogen-bond donors (Lipinski definition) is 1. The highest BCUT2D eigenvalue weighted by Gasteiger charge is 2.35. The van der Waals surface area contributed by atoms with Gasteiger partial charge in [-0.15, -0.1) is 0 Å². The number of carbonyl (C=O) groups is 2. The number of aromatic carboxylic acids is 1. The Morgan fingerprint density at radius 2 is 1.85 bits per heavy atom. The molecule has 0 unspecified atom stereocenters. The molecule has 0 saturated carbocycles. The lowest BCUT2D eigenvalue weighted by Gasteiger charge is -2.26. The Morgan fingerprint density at radius 1 is 1.10 bits per heavy atom. The van der Waals surface area contributed by atoms with Gasteiger partial charge in [-0.1, -0.05) is 23.5 Å². The maximum Gasteiger partial charge on any atom is 0.338 e. The van der Waals surface area contributed by atoms with Crippen molar-refractivity contribution in [2.45, 2.75) is 19.9 Å². The standard InChI is InChI=1S/C30H26N2O8S/c1-5-39-29(36)25-16(2)31-30-32(26(25)21-12-10-19(37-3)14-23(21)38-4)27(33)24(41-30)15-20-11-13-22(40-20)17-6-8-18(9-7-17)28(34)35/h6-15,26H,5H2,1-4H3,(H,34,35)/b24-15+/t26-/m0/s1. The molecule has 0 aliphatic carbocycles. The number of carboxylic acids is 1. The Labute approximate surface area is 238 Å². The van der Waals surface area contributed by atoms with Crippen LogP contribution in [-0.2, 0) is 9.53 Å². The summed E-state index contributed by atoms with van der Waals surface area (Å²) in [5.74, 6) is 0.344.